The van der Waals surface area contributed by atoms with Crippen molar-refractivity contribution in [1.82, 2.24) is 5.32 Å². The largest absolute Gasteiger partial charge is 0.394 e. The zero-order valence-electron chi connectivity index (χ0n) is 20.7. The van der Waals surface area contributed by atoms with Crippen LogP contribution in [0.4, 0.5) is 0 Å². The fraction of sp³-hybridized carbons (Fsp3) is 1.00. The van der Waals surface area contributed by atoms with Gasteiger partial charge in [-0.3, -0.25) is 0 Å². The van der Waals surface area contributed by atoms with E-state index in [4.69, 9.17) is 14.2 Å². The van der Waals surface area contributed by atoms with Crippen LogP contribution in [0.3, 0.4) is 0 Å². The van der Waals surface area contributed by atoms with E-state index in [2.05, 4.69) is 19.2 Å². The number of nitrogens with one attached hydrogen (secondary N) is 1. The molecule has 0 bridgehead atoms. The molecule has 6 N–H and O–H groups in total. The van der Waals surface area contributed by atoms with E-state index in [-0.39, 0.29) is 48.9 Å². The molecule has 4 fully saturated rings. The van der Waals surface area contributed by atoms with Crippen LogP contribution in [0.5, 0.6) is 0 Å². The summed E-state index contributed by atoms with van der Waals surface area (Å²) in [5.41, 5.74) is 0. The first-order valence-corrected chi connectivity index (χ1v) is 13.2. The number of hydrogen-bond acceptors (Lipinski definition) is 9. The lowest BCUT2D eigenvalue weighted by Crippen LogP contribution is -2.59. The van der Waals surface area contributed by atoms with Gasteiger partial charge in [0.15, 0.2) is 6.29 Å². The first kappa shape index (κ1) is 26.7. The Bertz CT molecular complexity index is 650. The molecule has 4 aliphatic rings. The van der Waals surface area contributed by atoms with Crippen LogP contribution in [-0.4, -0.2) is 100 Å². The molecule has 0 radical (unpaired) electrons. The Balaban J connectivity index is 1.43. The molecule has 2 aliphatic heterocycles. The van der Waals surface area contributed by atoms with Crippen LogP contribution >= 0.6 is 0 Å². The Kier molecular flexibility index (Phi) is 8.92. The van der Waals surface area contributed by atoms with Gasteiger partial charge >= 0.3 is 0 Å². The minimum Gasteiger partial charge on any atom is -0.394 e. The van der Waals surface area contributed by atoms with Gasteiger partial charge in [0.25, 0.3) is 0 Å². The van der Waals surface area contributed by atoms with Gasteiger partial charge in [-0.2, -0.15) is 0 Å². The average Bonchev–Trinajstić information content (AvgIpc) is 3.59. The van der Waals surface area contributed by atoms with Gasteiger partial charge in [0, 0.05) is 18.9 Å². The molecule has 4 rings (SSSR count). The van der Waals surface area contributed by atoms with Crippen LogP contribution in [0.1, 0.15) is 52.9 Å². The number of hydrogen-bond donors (Lipinski definition) is 6. The van der Waals surface area contributed by atoms with Crippen molar-refractivity contribution in [1.29, 1.82) is 0 Å². The maximum absolute atomic E-state index is 11.5. The fourth-order valence-electron chi connectivity index (χ4n) is 6.31. The number of aliphatic hydroxyl groups excluding tert-OH is 5. The summed E-state index contributed by atoms with van der Waals surface area (Å²) in [7, 11) is 0. The predicted octanol–water partition coefficient (Wildman–Crippen LogP) is 0.00780. The predicted molar refractivity (Wildman–Crippen MR) is 124 cm³/mol. The van der Waals surface area contributed by atoms with Gasteiger partial charge in [-0.1, -0.05) is 20.8 Å². The molecule has 198 valence electrons. The van der Waals surface area contributed by atoms with Crippen molar-refractivity contribution in [3.05, 3.63) is 0 Å². The smallest absolute Gasteiger partial charge is 0.184 e. The molecule has 13 unspecified atom stereocenters. The van der Waals surface area contributed by atoms with Crippen molar-refractivity contribution in [2.45, 2.75) is 108 Å². The lowest BCUT2D eigenvalue weighted by Gasteiger charge is -2.51. The summed E-state index contributed by atoms with van der Waals surface area (Å²) in [4.78, 5) is 0. The van der Waals surface area contributed by atoms with Crippen LogP contribution in [0.2, 0.25) is 0 Å². The molecular weight excluding hydrogens is 442 g/mol. The average molecular weight is 488 g/mol. The van der Waals surface area contributed by atoms with Crippen molar-refractivity contribution < 1.29 is 39.7 Å². The molecule has 2 saturated heterocycles. The van der Waals surface area contributed by atoms with E-state index in [0.717, 1.165) is 18.9 Å². The molecule has 34 heavy (non-hydrogen) atoms. The molecule has 0 amide bonds. The second-order valence-corrected chi connectivity index (χ2v) is 11.5. The molecule has 0 aromatic carbocycles. The molecular formula is C25H45NO8. The van der Waals surface area contributed by atoms with Crippen LogP contribution in [0, 0.1) is 29.6 Å². The first-order chi connectivity index (χ1) is 16.2. The van der Waals surface area contributed by atoms with Gasteiger partial charge < -0.3 is 45.1 Å². The summed E-state index contributed by atoms with van der Waals surface area (Å²) in [6.07, 6.45) is -2.32. The second kappa shape index (κ2) is 11.4. The van der Waals surface area contributed by atoms with E-state index in [9.17, 15) is 25.5 Å². The van der Waals surface area contributed by atoms with E-state index in [0.29, 0.717) is 13.0 Å². The zero-order valence-corrected chi connectivity index (χ0v) is 20.7. The van der Waals surface area contributed by atoms with Gasteiger partial charge in [0.2, 0.25) is 0 Å². The van der Waals surface area contributed by atoms with Crippen LogP contribution in [0.25, 0.3) is 0 Å². The molecule has 9 heteroatoms. The third-order valence-electron chi connectivity index (χ3n) is 8.49. The number of ether oxygens (including phenoxy) is 3. The zero-order chi connectivity index (χ0) is 24.6. The first-order valence-electron chi connectivity index (χ1n) is 13.2. The third-order valence-corrected chi connectivity index (χ3v) is 8.49. The van der Waals surface area contributed by atoms with Crippen molar-refractivity contribution in [3.63, 3.8) is 0 Å². The number of aliphatic hydroxyl groups is 5. The summed E-state index contributed by atoms with van der Waals surface area (Å²) >= 11 is 0. The fourth-order valence-corrected chi connectivity index (χ4v) is 6.31. The highest BCUT2D eigenvalue weighted by atomic mass is 16.7. The quantitative estimate of drug-likeness (QED) is 0.279. The van der Waals surface area contributed by atoms with Crippen molar-refractivity contribution in [3.8, 4) is 0 Å². The molecule has 0 aromatic heterocycles. The van der Waals surface area contributed by atoms with Gasteiger partial charge in [0.1, 0.15) is 12.2 Å². The highest BCUT2D eigenvalue weighted by Gasteiger charge is 2.51. The van der Waals surface area contributed by atoms with Crippen molar-refractivity contribution >= 4 is 0 Å². The second-order valence-electron chi connectivity index (χ2n) is 11.5. The highest BCUT2D eigenvalue weighted by molar-refractivity contribution is 4.99. The molecule has 2 saturated carbocycles. The monoisotopic (exact) mass is 487 g/mol. The van der Waals surface area contributed by atoms with E-state index in [1.165, 1.54) is 12.8 Å². The SMILES string of the molecule is CC1CC(C)C(C2OC(CNCC3CC3)C(O)CC2C)C(O)C1OC1OC(CO)C(O)CC1O. The van der Waals surface area contributed by atoms with Crippen LogP contribution < -0.4 is 5.32 Å². The van der Waals surface area contributed by atoms with E-state index >= 15 is 0 Å². The van der Waals surface area contributed by atoms with Gasteiger partial charge in [-0.15, -0.1) is 0 Å². The summed E-state index contributed by atoms with van der Waals surface area (Å²) in [5.74, 6) is 0.860. The topological polar surface area (TPSA) is 141 Å². The Labute approximate surface area is 202 Å². The molecule has 0 aromatic rings. The summed E-state index contributed by atoms with van der Waals surface area (Å²) in [5, 5.41) is 55.5. The Morgan fingerprint density at radius 2 is 1.50 bits per heavy atom. The van der Waals surface area contributed by atoms with Gasteiger partial charge in [0.05, 0.1) is 43.2 Å². The lowest BCUT2D eigenvalue weighted by molar-refractivity contribution is -0.308. The Morgan fingerprint density at radius 3 is 2.18 bits per heavy atom. The highest BCUT2D eigenvalue weighted by Crippen LogP contribution is 2.44. The standard InChI is InChI=1S/C25H45NO8/c1-12-6-13(2)24(34-25-18(30)8-17(29)20(11-27)33-25)22(31)21(12)23-14(3)7-16(28)19(32-23)10-26-9-15-4-5-15/h12-31H,4-11H2,1-3H3. The minimum absolute atomic E-state index is 0.0250. The normalized spacial score (nSPS) is 50.3. The van der Waals surface area contributed by atoms with Crippen LogP contribution in [0.15, 0.2) is 0 Å². The Morgan fingerprint density at radius 1 is 0.794 bits per heavy atom. The summed E-state index contributed by atoms with van der Waals surface area (Å²) < 4.78 is 18.2. The maximum Gasteiger partial charge on any atom is 0.184 e. The van der Waals surface area contributed by atoms with Gasteiger partial charge in [-0.05, 0) is 55.9 Å². The van der Waals surface area contributed by atoms with E-state index < -0.39 is 42.9 Å². The third kappa shape index (κ3) is 5.95. The summed E-state index contributed by atoms with van der Waals surface area (Å²) in [6.45, 7) is 7.40. The molecule has 2 heterocycles. The Hall–Kier alpha value is -0.360. The molecule has 9 nitrogen and oxygen atoms in total. The molecule has 0 spiro atoms. The van der Waals surface area contributed by atoms with Crippen LogP contribution in [-0.2, 0) is 14.2 Å². The van der Waals surface area contributed by atoms with E-state index in [1.807, 2.05) is 6.92 Å². The lowest BCUT2D eigenvalue weighted by atomic mass is 9.66. The van der Waals surface area contributed by atoms with Gasteiger partial charge in [-0.25, -0.2) is 0 Å². The minimum atomic E-state index is -1.04. The summed E-state index contributed by atoms with van der Waals surface area (Å²) in [6, 6.07) is 0. The van der Waals surface area contributed by atoms with Crippen molar-refractivity contribution in [2.24, 2.45) is 29.6 Å². The van der Waals surface area contributed by atoms with Crippen molar-refractivity contribution in [2.75, 3.05) is 19.7 Å². The van der Waals surface area contributed by atoms with E-state index in [1.54, 1.807) is 0 Å². The maximum atomic E-state index is 11.5. The molecule has 13 atom stereocenters. The number of rotatable bonds is 8. The molecule has 2 aliphatic carbocycles.